The quantitative estimate of drug-likeness (QED) is 0.634. The fourth-order valence-corrected chi connectivity index (χ4v) is 2.15. The second-order valence-corrected chi connectivity index (χ2v) is 5.44. The Balaban J connectivity index is 1.91. The summed E-state index contributed by atoms with van der Waals surface area (Å²) in [6.45, 7) is 0. The molecule has 0 heterocycles. The van der Waals surface area contributed by atoms with Crippen molar-refractivity contribution in [2.75, 3.05) is 7.11 Å². The lowest BCUT2D eigenvalue weighted by molar-refractivity contribution is -0.120. The van der Waals surface area contributed by atoms with Gasteiger partial charge in [0.25, 0.3) is 0 Å². The number of hydrazone groups is 1. The molecule has 0 aliphatic rings. The monoisotopic (exact) mass is 362 g/mol. The lowest BCUT2D eigenvalue weighted by atomic mass is 10.1. The molecule has 2 aromatic carbocycles. The standard InChI is InChI=1S/C16H15BrN2O3/c1-22-14-5-2-11(3-6-14)8-16(21)19-18-10-12-9-13(17)4-7-15(12)20/h2-7,9-10,20H,8H2,1H3,(H,19,21)/b18-10+. The van der Waals surface area contributed by atoms with Crippen LogP contribution in [-0.4, -0.2) is 24.3 Å². The third-order valence-corrected chi connectivity index (χ3v) is 3.40. The number of hydrogen-bond donors (Lipinski definition) is 2. The van der Waals surface area contributed by atoms with Gasteiger partial charge in [0.2, 0.25) is 5.91 Å². The van der Waals surface area contributed by atoms with E-state index in [0.717, 1.165) is 15.8 Å². The molecule has 2 rings (SSSR count). The predicted octanol–water partition coefficient (Wildman–Crippen LogP) is 2.86. The van der Waals surface area contributed by atoms with Crippen LogP contribution in [-0.2, 0) is 11.2 Å². The number of aromatic hydroxyl groups is 1. The van der Waals surface area contributed by atoms with Crippen molar-refractivity contribution in [2.45, 2.75) is 6.42 Å². The number of benzene rings is 2. The van der Waals surface area contributed by atoms with E-state index in [1.54, 1.807) is 37.4 Å². The number of amides is 1. The largest absolute Gasteiger partial charge is 0.507 e. The summed E-state index contributed by atoms with van der Waals surface area (Å²) in [5.74, 6) is 0.597. The van der Waals surface area contributed by atoms with Gasteiger partial charge in [0, 0.05) is 10.0 Å². The van der Waals surface area contributed by atoms with E-state index in [4.69, 9.17) is 4.74 Å². The minimum absolute atomic E-state index is 0.0938. The molecule has 0 aliphatic heterocycles. The number of phenols is 1. The number of phenolic OH excluding ortho intramolecular Hbond substituents is 1. The summed E-state index contributed by atoms with van der Waals surface area (Å²) in [5, 5.41) is 13.5. The summed E-state index contributed by atoms with van der Waals surface area (Å²) in [7, 11) is 1.59. The molecule has 0 aromatic heterocycles. The Labute approximate surface area is 136 Å². The minimum atomic E-state index is -0.240. The molecule has 0 atom stereocenters. The zero-order chi connectivity index (χ0) is 15.9. The van der Waals surface area contributed by atoms with Crippen LogP contribution in [0.25, 0.3) is 0 Å². The van der Waals surface area contributed by atoms with Crippen molar-refractivity contribution in [1.82, 2.24) is 5.43 Å². The van der Waals surface area contributed by atoms with Crippen LogP contribution >= 0.6 is 15.9 Å². The Morgan fingerprint density at radius 2 is 2.05 bits per heavy atom. The summed E-state index contributed by atoms with van der Waals surface area (Å²) in [6, 6.07) is 12.2. The van der Waals surface area contributed by atoms with Crippen LogP contribution in [0.2, 0.25) is 0 Å². The van der Waals surface area contributed by atoms with Gasteiger partial charge in [-0.2, -0.15) is 5.10 Å². The van der Waals surface area contributed by atoms with Crippen LogP contribution in [0.3, 0.4) is 0 Å². The molecule has 2 N–H and O–H groups in total. The molecule has 0 aliphatic carbocycles. The smallest absolute Gasteiger partial charge is 0.244 e. The molecule has 1 amide bonds. The third-order valence-electron chi connectivity index (χ3n) is 2.91. The number of rotatable bonds is 5. The summed E-state index contributed by atoms with van der Waals surface area (Å²) in [5.41, 5.74) is 3.80. The van der Waals surface area contributed by atoms with Gasteiger partial charge in [-0.15, -0.1) is 0 Å². The van der Waals surface area contributed by atoms with Crippen molar-refractivity contribution in [3.8, 4) is 11.5 Å². The molecule has 0 saturated carbocycles. The summed E-state index contributed by atoms with van der Waals surface area (Å²) >= 11 is 3.30. The van der Waals surface area contributed by atoms with E-state index in [1.807, 2.05) is 12.1 Å². The van der Waals surface area contributed by atoms with Gasteiger partial charge in [0.1, 0.15) is 11.5 Å². The maximum atomic E-state index is 11.8. The van der Waals surface area contributed by atoms with Crippen LogP contribution in [0.5, 0.6) is 11.5 Å². The molecule has 0 fully saturated rings. The Kier molecular flexibility index (Phi) is 5.55. The van der Waals surface area contributed by atoms with Gasteiger partial charge in [-0.05, 0) is 35.9 Å². The molecule has 22 heavy (non-hydrogen) atoms. The van der Waals surface area contributed by atoms with Crippen LogP contribution < -0.4 is 10.2 Å². The van der Waals surface area contributed by atoms with Crippen molar-refractivity contribution < 1.29 is 14.6 Å². The van der Waals surface area contributed by atoms with Gasteiger partial charge in [-0.25, -0.2) is 5.43 Å². The lowest BCUT2D eigenvalue weighted by Crippen LogP contribution is -2.19. The van der Waals surface area contributed by atoms with E-state index < -0.39 is 0 Å². The fourth-order valence-electron chi connectivity index (χ4n) is 1.77. The summed E-state index contributed by atoms with van der Waals surface area (Å²) < 4.78 is 5.87. The minimum Gasteiger partial charge on any atom is -0.507 e. The Bertz CT molecular complexity index is 684. The number of hydrogen-bond acceptors (Lipinski definition) is 4. The van der Waals surface area contributed by atoms with Gasteiger partial charge in [0.05, 0.1) is 19.7 Å². The predicted molar refractivity (Wildman–Crippen MR) is 88.2 cm³/mol. The highest BCUT2D eigenvalue weighted by molar-refractivity contribution is 9.10. The van der Waals surface area contributed by atoms with Gasteiger partial charge in [-0.1, -0.05) is 28.1 Å². The molecule has 114 valence electrons. The van der Waals surface area contributed by atoms with E-state index >= 15 is 0 Å². The van der Waals surface area contributed by atoms with E-state index in [9.17, 15) is 9.90 Å². The molecular weight excluding hydrogens is 348 g/mol. The van der Waals surface area contributed by atoms with Crippen LogP contribution in [0.15, 0.2) is 52.0 Å². The normalized spacial score (nSPS) is 10.6. The highest BCUT2D eigenvalue weighted by Crippen LogP contribution is 2.19. The SMILES string of the molecule is COc1ccc(CC(=O)N/N=C/c2cc(Br)ccc2O)cc1. The first-order valence-corrected chi connectivity index (χ1v) is 7.31. The van der Waals surface area contributed by atoms with Gasteiger partial charge in [-0.3, -0.25) is 4.79 Å². The third kappa shape index (κ3) is 4.60. The Hall–Kier alpha value is -2.34. The molecule has 2 aromatic rings. The van der Waals surface area contributed by atoms with E-state index in [-0.39, 0.29) is 18.1 Å². The molecule has 6 heteroatoms. The number of ether oxygens (including phenoxy) is 1. The highest BCUT2D eigenvalue weighted by atomic mass is 79.9. The molecule has 0 bridgehead atoms. The van der Waals surface area contributed by atoms with Crippen molar-refractivity contribution in [3.63, 3.8) is 0 Å². The fraction of sp³-hybridized carbons (Fsp3) is 0.125. The Morgan fingerprint density at radius 3 is 2.73 bits per heavy atom. The first-order chi connectivity index (χ1) is 10.6. The maximum absolute atomic E-state index is 11.8. The number of halogens is 1. The van der Waals surface area contributed by atoms with Crippen LogP contribution in [0.4, 0.5) is 0 Å². The summed E-state index contributed by atoms with van der Waals surface area (Å²) in [6.07, 6.45) is 1.61. The maximum Gasteiger partial charge on any atom is 0.244 e. The first kappa shape index (κ1) is 16.0. The van der Waals surface area contributed by atoms with E-state index in [0.29, 0.717) is 5.56 Å². The first-order valence-electron chi connectivity index (χ1n) is 6.52. The summed E-state index contributed by atoms with van der Waals surface area (Å²) in [4.78, 5) is 11.8. The van der Waals surface area contributed by atoms with Crippen molar-refractivity contribution in [2.24, 2.45) is 5.10 Å². The molecule has 0 unspecified atom stereocenters. The molecule has 0 spiro atoms. The van der Waals surface area contributed by atoms with Crippen LogP contribution in [0, 0.1) is 0 Å². The average Bonchev–Trinajstić information content (AvgIpc) is 2.51. The van der Waals surface area contributed by atoms with Crippen molar-refractivity contribution in [1.29, 1.82) is 0 Å². The van der Waals surface area contributed by atoms with E-state index in [2.05, 4.69) is 26.5 Å². The van der Waals surface area contributed by atoms with Gasteiger partial charge < -0.3 is 9.84 Å². The molecular formula is C16H15BrN2O3. The molecule has 5 nitrogen and oxygen atoms in total. The number of carbonyl (C=O) groups is 1. The number of nitrogens with one attached hydrogen (secondary N) is 1. The molecule has 0 radical (unpaired) electrons. The number of nitrogens with zero attached hydrogens (tertiary/aromatic N) is 1. The molecule has 0 saturated heterocycles. The van der Waals surface area contributed by atoms with Crippen LogP contribution in [0.1, 0.15) is 11.1 Å². The van der Waals surface area contributed by atoms with Gasteiger partial charge in [0.15, 0.2) is 0 Å². The Morgan fingerprint density at radius 1 is 1.32 bits per heavy atom. The zero-order valence-electron chi connectivity index (χ0n) is 11.9. The van der Waals surface area contributed by atoms with Crippen molar-refractivity contribution in [3.05, 3.63) is 58.1 Å². The highest BCUT2D eigenvalue weighted by Gasteiger charge is 2.03. The second kappa shape index (κ2) is 7.61. The number of methoxy groups -OCH3 is 1. The zero-order valence-corrected chi connectivity index (χ0v) is 13.5. The second-order valence-electron chi connectivity index (χ2n) is 4.52. The lowest BCUT2D eigenvalue weighted by Gasteiger charge is -2.03. The topological polar surface area (TPSA) is 70.9 Å². The average molecular weight is 363 g/mol. The number of carbonyl (C=O) groups excluding carboxylic acids is 1. The van der Waals surface area contributed by atoms with Crippen molar-refractivity contribution >= 4 is 28.1 Å². The van der Waals surface area contributed by atoms with E-state index in [1.165, 1.54) is 6.21 Å². The van der Waals surface area contributed by atoms with Gasteiger partial charge >= 0.3 is 0 Å².